The Bertz CT molecular complexity index is 305. The first-order valence-electron chi connectivity index (χ1n) is 3.18. The van der Waals surface area contributed by atoms with Crippen LogP contribution in [0, 0.1) is 0 Å². The van der Waals surface area contributed by atoms with Crippen LogP contribution >= 0.6 is 0 Å². The van der Waals surface area contributed by atoms with Gasteiger partial charge in [-0.05, 0) is 12.1 Å². The molecule has 0 amide bonds. The SMILES string of the molecule is O=C(O)c1ccccc1C(=O)O.[Se].[Se]. The molecule has 0 atom stereocenters. The van der Waals surface area contributed by atoms with Crippen molar-refractivity contribution < 1.29 is 19.8 Å². The summed E-state index contributed by atoms with van der Waals surface area (Å²) >= 11 is 0. The summed E-state index contributed by atoms with van der Waals surface area (Å²) in [5, 5.41) is 17.1. The van der Waals surface area contributed by atoms with Gasteiger partial charge < -0.3 is 10.2 Å². The van der Waals surface area contributed by atoms with E-state index in [1.54, 1.807) is 0 Å². The van der Waals surface area contributed by atoms with Gasteiger partial charge in [-0.25, -0.2) is 9.59 Å². The third-order valence-corrected chi connectivity index (χ3v) is 1.39. The molecule has 0 spiro atoms. The van der Waals surface area contributed by atoms with Crippen LogP contribution in [0.15, 0.2) is 24.3 Å². The van der Waals surface area contributed by atoms with Gasteiger partial charge in [-0.2, -0.15) is 0 Å². The molecule has 0 aliphatic carbocycles. The Morgan fingerprint density at radius 3 is 1.36 bits per heavy atom. The summed E-state index contributed by atoms with van der Waals surface area (Å²) in [6.07, 6.45) is 0. The Balaban J connectivity index is 0. The van der Waals surface area contributed by atoms with Crippen LogP contribution in [0.3, 0.4) is 0 Å². The number of hydrogen-bond acceptors (Lipinski definition) is 2. The summed E-state index contributed by atoms with van der Waals surface area (Å²) in [5.41, 5.74) is -0.380. The Labute approximate surface area is 101 Å². The first kappa shape index (κ1) is 15.7. The predicted molar refractivity (Wildman–Crippen MR) is 51.9 cm³/mol. The zero-order valence-corrected chi connectivity index (χ0v) is 10.3. The van der Waals surface area contributed by atoms with Gasteiger partial charge in [-0.3, -0.25) is 0 Å². The number of carboxylic acid groups (broad SMARTS) is 2. The topological polar surface area (TPSA) is 74.6 Å². The molecule has 0 unspecified atom stereocenters. The van der Waals surface area contributed by atoms with Crippen molar-refractivity contribution in [3.8, 4) is 0 Å². The normalized spacial score (nSPS) is 8.00. The summed E-state index contributed by atoms with van der Waals surface area (Å²) < 4.78 is 0. The molecule has 1 aromatic carbocycles. The summed E-state index contributed by atoms with van der Waals surface area (Å²) in [4.78, 5) is 20.9. The van der Waals surface area contributed by atoms with E-state index in [1.165, 1.54) is 24.3 Å². The molecular weight excluding hydrogens is 318 g/mol. The monoisotopic (exact) mass is 326 g/mol. The predicted octanol–water partition coefficient (Wildman–Crippen LogP) is 0.321. The molecule has 14 heavy (non-hydrogen) atoms. The van der Waals surface area contributed by atoms with Crippen LogP contribution in [-0.2, 0) is 0 Å². The zero-order chi connectivity index (χ0) is 9.14. The number of benzene rings is 1. The third kappa shape index (κ3) is 3.52. The molecule has 4 nitrogen and oxygen atoms in total. The molecule has 0 saturated carbocycles. The second-order valence-corrected chi connectivity index (χ2v) is 2.16. The molecule has 0 aromatic heterocycles. The Kier molecular flexibility index (Phi) is 7.41. The third-order valence-electron chi connectivity index (χ3n) is 1.39. The van der Waals surface area contributed by atoms with Gasteiger partial charge in [0.05, 0.1) is 11.1 Å². The van der Waals surface area contributed by atoms with E-state index in [9.17, 15) is 9.59 Å². The van der Waals surface area contributed by atoms with Crippen molar-refractivity contribution in [3.63, 3.8) is 0 Å². The van der Waals surface area contributed by atoms with E-state index in [0.29, 0.717) is 0 Å². The maximum atomic E-state index is 10.5. The molecule has 1 aromatic rings. The standard InChI is InChI=1S/C8H6O4.2Se/c9-7(10)5-3-1-2-4-6(5)8(11)12;;/h1-4H,(H,9,10)(H,11,12);;. The van der Waals surface area contributed by atoms with Crippen molar-refractivity contribution in [2.75, 3.05) is 0 Å². The molecule has 4 radical (unpaired) electrons. The molecule has 0 fully saturated rings. The minimum absolute atomic E-state index is 0. The Morgan fingerprint density at radius 1 is 0.857 bits per heavy atom. The Morgan fingerprint density at radius 2 is 1.14 bits per heavy atom. The van der Waals surface area contributed by atoms with Gasteiger partial charge in [0.2, 0.25) is 0 Å². The van der Waals surface area contributed by atoms with Crippen LogP contribution in [-0.4, -0.2) is 56.3 Å². The van der Waals surface area contributed by atoms with Crippen LogP contribution in [0.4, 0.5) is 0 Å². The fourth-order valence-electron chi connectivity index (χ4n) is 0.856. The maximum Gasteiger partial charge on any atom is 0.336 e. The molecule has 0 saturated heterocycles. The van der Waals surface area contributed by atoms with Crippen molar-refractivity contribution in [3.05, 3.63) is 35.4 Å². The van der Waals surface area contributed by atoms with E-state index in [-0.39, 0.29) is 45.3 Å². The molecule has 0 heterocycles. The van der Waals surface area contributed by atoms with E-state index in [4.69, 9.17) is 10.2 Å². The smallest absolute Gasteiger partial charge is 0.336 e. The molecule has 2 N–H and O–H groups in total. The summed E-state index contributed by atoms with van der Waals surface area (Å²) in [6.45, 7) is 0. The van der Waals surface area contributed by atoms with Gasteiger partial charge in [0.1, 0.15) is 0 Å². The Hall–Kier alpha value is -0.801. The van der Waals surface area contributed by atoms with Crippen LogP contribution in [0.25, 0.3) is 0 Å². The van der Waals surface area contributed by atoms with E-state index < -0.39 is 11.9 Å². The van der Waals surface area contributed by atoms with E-state index in [0.717, 1.165) is 0 Å². The molecular formula is C8H6O4Se2. The number of rotatable bonds is 2. The number of hydrogen-bond donors (Lipinski definition) is 2. The quantitative estimate of drug-likeness (QED) is 0.769. The zero-order valence-electron chi connectivity index (χ0n) is 6.84. The molecule has 1 rings (SSSR count). The summed E-state index contributed by atoms with van der Waals surface area (Å²) in [7, 11) is 0. The van der Waals surface area contributed by atoms with E-state index in [1.807, 2.05) is 0 Å². The first-order valence-corrected chi connectivity index (χ1v) is 3.18. The van der Waals surface area contributed by atoms with Gasteiger partial charge in [-0.15, -0.1) is 0 Å². The van der Waals surface area contributed by atoms with Crippen molar-refractivity contribution in [2.45, 2.75) is 0 Å². The van der Waals surface area contributed by atoms with Gasteiger partial charge >= 0.3 is 11.9 Å². The van der Waals surface area contributed by atoms with Crippen LogP contribution in [0.1, 0.15) is 20.7 Å². The van der Waals surface area contributed by atoms with Crippen molar-refractivity contribution in [1.82, 2.24) is 0 Å². The van der Waals surface area contributed by atoms with Crippen molar-refractivity contribution >= 4 is 46.1 Å². The minimum Gasteiger partial charge on any atom is -0.478 e. The fourth-order valence-corrected chi connectivity index (χ4v) is 0.856. The average Bonchev–Trinajstić information content (AvgIpc) is 2.04. The number of carbonyl (C=O) groups is 2. The maximum absolute atomic E-state index is 10.5. The molecule has 6 heteroatoms. The van der Waals surface area contributed by atoms with E-state index in [2.05, 4.69) is 0 Å². The van der Waals surface area contributed by atoms with Gasteiger partial charge in [0.15, 0.2) is 0 Å². The van der Waals surface area contributed by atoms with Crippen LogP contribution in [0.5, 0.6) is 0 Å². The number of carboxylic acids is 2. The summed E-state index contributed by atoms with van der Waals surface area (Å²) in [5.74, 6) is -2.46. The second kappa shape index (κ2) is 6.62. The van der Waals surface area contributed by atoms with Crippen LogP contribution in [0.2, 0.25) is 0 Å². The molecule has 74 valence electrons. The molecule has 0 aliphatic rings. The van der Waals surface area contributed by atoms with Crippen molar-refractivity contribution in [2.24, 2.45) is 0 Å². The fraction of sp³-hybridized carbons (Fsp3) is 0. The van der Waals surface area contributed by atoms with Crippen molar-refractivity contribution in [1.29, 1.82) is 0 Å². The van der Waals surface area contributed by atoms with E-state index >= 15 is 0 Å². The first-order chi connectivity index (χ1) is 5.63. The average molecular weight is 324 g/mol. The second-order valence-electron chi connectivity index (χ2n) is 2.16. The molecule has 0 aliphatic heterocycles. The largest absolute Gasteiger partial charge is 0.478 e. The van der Waals surface area contributed by atoms with Gasteiger partial charge in [-0.1, -0.05) is 12.1 Å². The van der Waals surface area contributed by atoms with Gasteiger partial charge in [0.25, 0.3) is 0 Å². The molecule has 0 bridgehead atoms. The number of aromatic carboxylic acids is 2. The van der Waals surface area contributed by atoms with Crippen LogP contribution < -0.4 is 0 Å². The van der Waals surface area contributed by atoms with Gasteiger partial charge in [0, 0.05) is 34.1 Å². The minimum atomic E-state index is -1.23. The summed E-state index contributed by atoms with van der Waals surface area (Å²) in [6, 6.07) is 5.48.